The van der Waals surface area contributed by atoms with E-state index in [9.17, 15) is 4.79 Å². The lowest BCUT2D eigenvalue weighted by Crippen LogP contribution is -2.15. The summed E-state index contributed by atoms with van der Waals surface area (Å²) in [6, 6.07) is 7.10. The monoisotopic (exact) mass is 301 g/mol. The Bertz CT molecular complexity index is 628. The van der Waals surface area contributed by atoms with Crippen molar-refractivity contribution >= 4 is 18.2 Å². The van der Waals surface area contributed by atoms with Crippen LogP contribution in [-0.2, 0) is 0 Å². The van der Waals surface area contributed by atoms with Crippen molar-refractivity contribution in [3.05, 3.63) is 29.8 Å². The molecule has 2 rings (SSSR count). The van der Waals surface area contributed by atoms with Crippen molar-refractivity contribution in [3.8, 4) is 11.8 Å². The Balaban J connectivity index is 2.23. The minimum absolute atomic E-state index is 0.188. The quantitative estimate of drug-likeness (QED) is 0.760. The van der Waals surface area contributed by atoms with Gasteiger partial charge in [0, 0.05) is 18.2 Å². The highest BCUT2D eigenvalue weighted by Gasteiger charge is 2.09. The molecule has 0 aliphatic carbocycles. The van der Waals surface area contributed by atoms with Crippen molar-refractivity contribution < 1.29 is 9.53 Å². The standard InChI is InChI=1S/C15H19N5O2/c1-4-16-13-18-14(17-10(2)3)20-15(19-13)22-12-7-5-11(9-21)6-8-12/h5-10H,4H2,1-3H3,(H2,16,17,18,19,20). The molecule has 0 atom stereocenters. The van der Waals surface area contributed by atoms with Gasteiger partial charge in [0.25, 0.3) is 0 Å². The number of rotatable bonds is 7. The molecular formula is C15H19N5O2. The molecule has 0 bridgehead atoms. The maximum Gasteiger partial charge on any atom is 0.328 e. The highest BCUT2D eigenvalue weighted by atomic mass is 16.5. The van der Waals surface area contributed by atoms with Crippen molar-refractivity contribution in [1.29, 1.82) is 0 Å². The third-order valence-electron chi connectivity index (χ3n) is 2.59. The Morgan fingerprint density at radius 3 is 2.41 bits per heavy atom. The average molecular weight is 301 g/mol. The molecule has 116 valence electrons. The summed E-state index contributed by atoms with van der Waals surface area (Å²) in [6.07, 6.45) is 0.778. The molecule has 1 aromatic carbocycles. The second-order valence-corrected chi connectivity index (χ2v) is 4.88. The summed E-state index contributed by atoms with van der Waals surface area (Å²) in [7, 11) is 0. The topological polar surface area (TPSA) is 89.0 Å². The van der Waals surface area contributed by atoms with Gasteiger partial charge in [-0.05, 0) is 45.0 Å². The molecule has 1 heterocycles. The number of nitrogens with one attached hydrogen (secondary N) is 2. The maximum absolute atomic E-state index is 10.6. The van der Waals surface area contributed by atoms with Gasteiger partial charge in [-0.25, -0.2) is 0 Å². The second-order valence-electron chi connectivity index (χ2n) is 4.88. The van der Waals surface area contributed by atoms with E-state index in [1.54, 1.807) is 24.3 Å². The van der Waals surface area contributed by atoms with Gasteiger partial charge in [0.2, 0.25) is 11.9 Å². The highest BCUT2D eigenvalue weighted by Crippen LogP contribution is 2.20. The SMILES string of the molecule is CCNc1nc(NC(C)C)nc(Oc2ccc(C=O)cc2)n1. The molecule has 0 radical (unpaired) electrons. The van der Waals surface area contributed by atoms with Crippen LogP contribution in [0.1, 0.15) is 31.1 Å². The first-order valence-electron chi connectivity index (χ1n) is 7.10. The zero-order chi connectivity index (χ0) is 15.9. The fourth-order valence-electron chi connectivity index (χ4n) is 1.68. The molecular weight excluding hydrogens is 282 g/mol. The molecule has 7 heteroatoms. The molecule has 22 heavy (non-hydrogen) atoms. The number of hydrogen-bond donors (Lipinski definition) is 2. The smallest absolute Gasteiger partial charge is 0.328 e. The molecule has 0 unspecified atom stereocenters. The number of benzene rings is 1. The highest BCUT2D eigenvalue weighted by molar-refractivity contribution is 5.74. The van der Waals surface area contributed by atoms with Crippen molar-refractivity contribution in [2.45, 2.75) is 26.8 Å². The van der Waals surface area contributed by atoms with E-state index >= 15 is 0 Å². The minimum Gasteiger partial charge on any atom is -0.424 e. The molecule has 0 amide bonds. The van der Waals surface area contributed by atoms with E-state index in [1.165, 1.54) is 0 Å². The predicted octanol–water partition coefficient (Wildman–Crippen LogP) is 2.73. The average Bonchev–Trinajstić information content (AvgIpc) is 2.47. The summed E-state index contributed by atoms with van der Waals surface area (Å²) >= 11 is 0. The molecule has 0 aliphatic rings. The molecule has 0 spiro atoms. The summed E-state index contributed by atoms with van der Waals surface area (Å²) in [5.41, 5.74) is 0.582. The number of aldehydes is 1. The van der Waals surface area contributed by atoms with E-state index in [1.807, 2.05) is 20.8 Å². The molecule has 1 aromatic heterocycles. The zero-order valence-electron chi connectivity index (χ0n) is 12.8. The summed E-state index contributed by atoms with van der Waals surface area (Å²) in [4.78, 5) is 23.3. The number of anilines is 2. The first-order chi connectivity index (χ1) is 10.6. The van der Waals surface area contributed by atoms with Gasteiger partial charge in [-0.15, -0.1) is 0 Å². The summed E-state index contributed by atoms with van der Waals surface area (Å²) in [6.45, 7) is 6.64. The van der Waals surface area contributed by atoms with Gasteiger partial charge < -0.3 is 15.4 Å². The number of aromatic nitrogens is 3. The van der Waals surface area contributed by atoms with Crippen LogP contribution in [-0.4, -0.2) is 33.8 Å². The number of carbonyl (C=O) groups excluding carboxylic acids is 1. The van der Waals surface area contributed by atoms with E-state index in [4.69, 9.17) is 4.74 Å². The van der Waals surface area contributed by atoms with Gasteiger partial charge in [0.05, 0.1) is 0 Å². The van der Waals surface area contributed by atoms with Gasteiger partial charge in [0.1, 0.15) is 12.0 Å². The lowest BCUT2D eigenvalue weighted by atomic mass is 10.2. The van der Waals surface area contributed by atoms with E-state index < -0.39 is 0 Å². The lowest BCUT2D eigenvalue weighted by molar-refractivity contribution is 0.112. The summed E-state index contributed by atoms with van der Waals surface area (Å²) < 4.78 is 5.63. The zero-order valence-corrected chi connectivity index (χ0v) is 12.8. The van der Waals surface area contributed by atoms with Crippen LogP contribution >= 0.6 is 0 Å². The van der Waals surface area contributed by atoms with Gasteiger partial charge >= 0.3 is 6.01 Å². The Kier molecular flexibility index (Phi) is 5.24. The van der Waals surface area contributed by atoms with E-state index in [-0.39, 0.29) is 12.1 Å². The van der Waals surface area contributed by atoms with Crippen molar-refractivity contribution in [1.82, 2.24) is 15.0 Å². The molecule has 2 N–H and O–H groups in total. The van der Waals surface area contributed by atoms with Gasteiger partial charge in [-0.3, -0.25) is 4.79 Å². The molecule has 0 saturated carbocycles. The Hall–Kier alpha value is -2.70. The molecule has 0 aliphatic heterocycles. The van der Waals surface area contributed by atoms with Crippen LogP contribution in [0.25, 0.3) is 0 Å². The first kappa shape index (κ1) is 15.7. The van der Waals surface area contributed by atoms with Crippen LogP contribution in [0, 0.1) is 0 Å². The van der Waals surface area contributed by atoms with Crippen LogP contribution in [0.5, 0.6) is 11.8 Å². The fourth-order valence-corrected chi connectivity index (χ4v) is 1.68. The Morgan fingerprint density at radius 1 is 1.14 bits per heavy atom. The predicted molar refractivity (Wildman–Crippen MR) is 84.7 cm³/mol. The molecule has 7 nitrogen and oxygen atoms in total. The second kappa shape index (κ2) is 7.35. The van der Waals surface area contributed by atoms with E-state index in [0.29, 0.717) is 29.8 Å². The van der Waals surface area contributed by atoms with Gasteiger partial charge in [0.15, 0.2) is 0 Å². The first-order valence-corrected chi connectivity index (χ1v) is 7.10. The number of carbonyl (C=O) groups is 1. The largest absolute Gasteiger partial charge is 0.424 e. The van der Waals surface area contributed by atoms with Crippen LogP contribution in [0.15, 0.2) is 24.3 Å². The maximum atomic E-state index is 10.6. The number of ether oxygens (including phenoxy) is 1. The lowest BCUT2D eigenvalue weighted by Gasteiger charge is -2.11. The summed E-state index contributed by atoms with van der Waals surface area (Å²) in [5, 5.41) is 6.16. The molecule has 0 fully saturated rings. The van der Waals surface area contributed by atoms with Crippen LogP contribution in [0.2, 0.25) is 0 Å². The van der Waals surface area contributed by atoms with Gasteiger partial charge in [-0.2, -0.15) is 15.0 Å². The molecule has 0 saturated heterocycles. The third-order valence-corrected chi connectivity index (χ3v) is 2.59. The molecule has 2 aromatic rings. The fraction of sp³-hybridized carbons (Fsp3) is 0.333. The Labute approximate surface area is 129 Å². The summed E-state index contributed by atoms with van der Waals surface area (Å²) in [5.74, 6) is 1.44. The van der Waals surface area contributed by atoms with Crippen molar-refractivity contribution in [3.63, 3.8) is 0 Å². The van der Waals surface area contributed by atoms with Gasteiger partial charge in [-0.1, -0.05) is 0 Å². The van der Waals surface area contributed by atoms with Crippen LogP contribution in [0.3, 0.4) is 0 Å². The normalized spacial score (nSPS) is 10.4. The van der Waals surface area contributed by atoms with Crippen LogP contribution < -0.4 is 15.4 Å². The minimum atomic E-state index is 0.188. The van der Waals surface area contributed by atoms with E-state index in [0.717, 1.165) is 6.29 Å². The van der Waals surface area contributed by atoms with Crippen molar-refractivity contribution in [2.75, 3.05) is 17.2 Å². The van der Waals surface area contributed by atoms with Crippen molar-refractivity contribution in [2.24, 2.45) is 0 Å². The number of nitrogens with zero attached hydrogens (tertiary/aromatic N) is 3. The number of hydrogen-bond acceptors (Lipinski definition) is 7. The Morgan fingerprint density at radius 2 is 1.82 bits per heavy atom. The van der Waals surface area contributed by atoms with Crippen LogP contribution in [0.4, 0.5) is 11.9 Å². The third kappa shape index (κ3) is 4.41. The van der Waals surface area contributed by atoms with E-state index in [2.05, 4.69) is 25.6 Å².